The van der Waals surface area contributed by atoms with E-state index in [4.69, 9.17) is 4.74 Å². The molecule has 0 saturated carbocycles. The van der Waals surface area contributed by atoms with Crippen molar-refractivity contribution in [2.45, 2.75) is 6.92 Å². The van der Waals surface area contributed by atoms with Crippen LogP contribution in [0.5, 0.6) is 11.5 Å². The van der Waals surface area contributed by atoms with E-state index >= 15 is 0 Å². The topological polar surface area (TPSA) is 100 Å². The first kappa shape index (κ1) is 17.0. The van der Waals surface area contributed by atoms with Crippen LogP contribution >= 0.6 is 0 Å². The Bertz CT molecular complexity index is 787. The second kappa shape index (κ2) is 7.77. The van der Waals surface area contributed by atoms with Crippen LogP contribution in [0.4, 0.5) is 5.69 Å². The van der Waals surface area contributed by atoms with E-state index < -0.39 is 11.8 Å². The van der Waals surface area contributed by atoms with Gasteiger partial charge in [0.2, 0.25) is 0 Å². The van der Waals surface area contributed by atoms with Crippen molar-refractivity contribution in [3.05, 3.63) is 53.6 Å². The molecule has 2 aromatic carbocycles. The number of rotatable bonds is 4. The van der Waals surface area contributed by atoms with E-state index in [9.17, 15) is 14.7 Å². The highest BCUT2D eigenvalue weighted by molar-refractivity contribution is 6.39. The second-order valence-electron chi connectivity index (χ2n) is 4.87. The highest BCUT2D eigenvalue weighted by Gasteiger charge is 2.13. The number of benzene rings is 2. The lowest BCUT2D eigenvalue weighted by Crippen LogP contribution is -2.32. The molecule has 0 radical (unpaired) electrons. The van der Waals surface area contributed by atoms with E-state index in [-0.39, 0.29) is 11.5 Å². The number of aromatic hydroxyl groups is 1. The molecule has 0 atom stereocenters. The number of hydrazone groups is 1. The number of carbonyl (C=O) groups excluding carboxylic acids is 2. The molecule has 2 rings (SSSR count). The molecule has 0 unspecified atom stereocenters. The molecule has 0 bridgehead atoms. The maximum atomic E-state index is 11.8. The number of methoxy groups -OCH3 is 1. The minimum absolute atomic E-state index is 0.109. The van der Waals surface area contributed by atoms with Crippen molar-refractivity contribution in [3.63, 3.8) is 0 Å². The Hall–Kier alpha value is -3.35. The summed E-state index contributed by atoms with van der Waals surface area (Å²) >= 11 is 0. The number of anilines is 1. The Morgan fingerprint density at radius 3 is 2.58 bits per heavy atom. The van der Waals surface area contributed by atoms with Crippen LogP contribution in [-0.2, 0) is 9.59 Å². The molecule has 0 heterocycles. The van der Waals surface area contributed by atoms with Crippen molar-refractivity contribution >= 4 is 23.7 Å². The lowest BCUT2D eigenvalue weighted by molar-refractivity contribution is -0.136. The Labute approximate surface area is 139 Å². The lowest BCUT2D eigenvalue weighted by Gasteiger charge is -2.07. The molecule has 2 aromatic rings. The number of hydrogen-bond acceptors (Lipinski definition) is 5. The van der Waals surface area contributed by atoms with Gasteiger partial charge < -0.3 is 15.2 Å². The van der Waals surface area contributed by atoms with Crippen LogP contribution in [0.15, 0.2) is 47.6 Å². The smallest absolute Gasteiger partial charge is 0.329 e. The molecule has 0 aliphatic heterocycles. The zero-order valence-corrected chi connectivity index (χ0v) is 13.2. The summed E-state index contributed by atoms with van der Waals surface area (Å²) in [6, 6.07) is 11.9. The third-order valence-corrected chi connectivity index (χ3v) is 3.22. The molecule has 0 aliphatic carbocycles. The van der Waals surface area contributed by atoms with E-state index in [1.807, 2.05) is 19.1 Å². The normalized spacial score (nSPS) is 10.4. The summed E-state index contributed by atoms with van der Waals surface area (Å²) in [6.07, 6.45) is 1.22. The van der Waals surface area contributed by atoms with Crippen molar-refractivity contribution < 1.29 is 19.4 Å². The van der Waals surface area contributed by atoms with Gasteiger partial charge in [-0.1, -0.05) is 24.3 Å². The number of amides is 2. The number of nitrogens with one attached hydrogen (secondary N) is 2. The first-order valence-electron chi connectivity index (χ1n) is 7.09. The number of aryl methyl sites for hydroxylation is 1. The predicted octanol–water partition coefficient (Wildman–Crippen LogP) is 1.80. The number of phenolic OH excluding ortho intramolecular Hbond substituents is 1. The molecule has 0 fully saturated rings. The third kappa shape index (κ3) is 4.10. The Morgan fingerprint density at radius 2 is 1.88 bits per heavy atom. The number of phenols is 1. The van der Waals surface area contributed by atoms with Crippen LogP contribution in [0.3, 0.4) is 0 Å². The molecule has 124 valence electrons. The molecular weight excluding hydrogens is 310 g/mol. The Morgan fingerprint density at radius 1 is 1.12 bits per heavy atom. The number of para-hydroxylation sites is 2. The third-order valence-electron chi connectivity index (χ3n) is 3.22. The molecular formula is C17H17N3O4. The van der Waals surface area contributed by atoms with Crippen LogP contribution in [0, 0.1) is 6.92 Å². The fourth-order valence-corrected chi connectivity index (χ4v) is 1.91. The molecule has 7 heteroatoms. The first-order chi connectivity index (χ1) is 11.5. The van der Waals surface area contributed by atoms with Gasteiger partial charge in [0, 0.05) is 11.3 Å². The van der Waals surface area contributed by atoms with Gasteiger partial charge in [-0.15, -0.1) is 0 Å². The lowest BCUT2D eigenvalue weighted by atomic mass is 10.2. The first-order valence-corrected chi connectivity index (χ1v) is 7.09. The molecule has 3 N–H and O–H groups in total. The van der Waals surface area contributed by atoms with Crippen molar-refractivity contribution in [3.8, 4) is 11.5 Å². The molecule has 0 aromatic heterocycles. The van der Waals surface area contributed by atoms with Crippen molar-refractivity contribution in [2.24, 2.45) is 5.10 Å². The van der Waals surface area contributed by atoms with Gasteiger partial charge in [0.25, 0.3) is 0 Å². The molecule has 0 aliphatic rings. The highest BCUT2D eigenvalue weighted by Crippen LogP contribution is 2.27. The van der Waals surface area contributed by atoms with Crippen molar-refractivity contribution in [1.29, 1.82) is 0 Å². The van der Waals surface area contributed by atoms with Gasteiger partial charge in [-0.3, -0.25) is 9.59 Å². The average molecular weight is 327 g/mol. The van der Waals surface area contributed by atoms with E-state index in [1.54, 1.807) is 30.3 Å². The van der Waals surface area contributed by atoms with Gasteiger partial charge in [0.1, 0.15) is 0 Å². The zero-order chi connectivity index (χ0) is 17.5. The molecule has 0 spiro atoms. The Balaban J connectivity index is 1.98. The second-order valence-corrected chi connectivity index (χ2v) is 4.87. The number of carbonyl (C=O) groups is 2. The van der Waals surface area contributed by atoms with Gasteiger partial charge in [0.05, 0.1) is 13.3 Å². The molecule has 2 amide bonds. The molecule has 7 nitrogen and oxygen atoms in total. The average Bonchev–Trinajstić information content (AvgIpc) is 2.58. The maximum Gasteiger partial charge on any atom is 0.329 e. The van der Waals surface area contributed by atoms with Gasteiger partial charge in [0.15, 0.2) is 11.5 Å². The van der Waals surface area contributed by atoms with Crippen LogP contribution in [0.2, 0.25) is 0 Å². The minimum Gasteiger partial charge on any atom is -0.504 e. The van der Waals surface area contributed by atoms with Crippen molar-refractivity contribution in [2.75, 3.05) is 12.4 Å². The van der Waals surface area contributed by atoms with Gasteiger partial charge >= 0.3 is 11.8 Å². The molecule has 24 heavy (non-hydrogen) atoms. The van der Waals surface area contributed by atoms with E-state index in [1.165, 1.54) is 13.3 Å². The minimum atomic E-state index is -0.920. The fourth-order valence-electron chi connectivity index (χ4n) is 1.91. The molecule has 0 saturated heterocycles. The van der Waals surface area contributed by atoms with Crippen LogP contribution in [0.1, 0.15) is 11.1 Å². The van der Waals surface area contributed by atoms with Gasteiger partial charge in [-0.2, -0.15) is 5.10 Å². The monoisotopic (exact) mass is 327 g/mol. The quantitative estimate of drug-likeness (QED) is 0.453. The summed E-state index contributed by atoms with van der Waals surface area (Å²) in [5.74, 6) is -1.59. The highest BCUT2D eigenvalue weighted by atomic mass is 16.5. The van der Waals surface area contributed by atoms with Crippen LogP contribution < -0.4 is 15.5 Å². The van der Waals surface area contributed by atoms with Crippen LogP contribution in [0.25, 0.3) is 0 Å². The summed E-state index contributed by atoms with van der Waals surface area (Å²) < 4.78 is 4.97. The zero-order valence-electron chi connectivity index (χ0n) is 13.2. The number of ether oxygens (including phenoxy) is 1. The largest absolute Gasteiger partial charge is 0.504 e. The summed E-state index contributed by atoms with van der Waals surface area (Å²) in [4.78, 5) is 23.5. The van der Waals surface area contributed by atoms with Gasteiger partial charge in [-0.05, 0) is 30.7 Å². The maximum absolute atomic E-state index is 11.8. The van der Waals surface area contributed by atoms with Gasteiger partial charge in [-0.25, -0.2) is 5.43 Å². The number of hydrogen-bond donors (Lipinski definition) is 3. The summed E-state index contributed by atoms with van der Waals surface area (Å²) in [5, 5.41) is 16.0. The van der Waals surface area contributed by atoms with E-state index in [0.717, 1.165) is 5.56 Å². The summed E-state index contributed by atoms with van der Waals surface area (Å²) in [5.41, 5.74) is 3.83. The van der Waals surface area contributed by atoms with Crippen molar-refractivity contribution in [1.82, 2.24) is 5.43 Å². The predicted molar refractivity (Wildman–Crippen MR) is 90.2 cm³/mol. The van der Waals surface area contributed by atoms with E-state index in [2.05, 4.69) is 15.8 Å². The SMILES string of the molecule is COc1cccc(/C=N\NC(=O)C(=O)Nc2ccccc2C)c1O. The fraction of sp³-hybridized carbons (Fsp3) is 0.118. The van der Waals surface area contributed by atoms with Crippen LogP contribution in [-0.4, -0.2) is 30.2 Å². The standard InChI is InChI=1S/C17H17N3O4/c1-11-6-3-4-8-13(11)19-16(22)17(23)20-18-10-12-7-5-9-14(24-2)15(12)21/h3-10,21H,1-2H3,(H,19,22)(H,20,23)/b18-10-. The number of nitrogens with zero attached hydrogens (tertiary/aromatic N) is 1. The van der Waals surface area contributed by atoms with E-state index in [0.29, 0.717) is 11.3 Å². The Kier molecular flexibility index (Phi) is 5.51. The summed E-state index contributed by atoms with van der Waals surface area (Å²) in [7, 11) is 1.42. The summed E-state index contributed by atoms with van der Waals surface area (Å²) in [6.45, 7) is 1.82.